The van der Waals surface area contributed by atoms with Crippen LogP contribution in [0.2, 0.25) is 0 Å². The summed E-state index contributed by atoms with van der Waals surface area (Å²) >= 11 is 0. The van der Waals surface area contributed by atoms with E-state index in [2.05, 4.69) is 54.6 Å². The van der Waals surface area contributed by atoms with Gasteiger partial charge in [0.25, 0.3) is 0 Å². The van der Waals surface area contributed by atoms with Crippen LogP contribution in [0.3, 0.4) is 0 Å². The molecule has 2 heterocycles. The monoisotopic (exact) mass is 327 g/mol. The predicted octanol–water partition coefficient (Wildman–Crippen LogP) is 3.43. The molecule has 4 nitrogen and oxygen atoms in total. The van der Waals surface area contributed by atoms with Gasteiger partial charge in [-0.15, -0.1) is 0 Å². The molecule has 0 radical (unpaired) electrons. The Hall–Kier alpha value is -1.81. The standard InChI is InChI=1S/C20H29N3O/c1-13(17-6-8-21-9-7-17)10-20(24)22-12-16-4-5-19-18(11-16)14(2)15(3)23-19/h4-5,11,13,17,21,23H,6-10,12H2,1-3H3,(H,22,24). The SMILES string of the molecule is Cc1[nH]c2ccc(CNC(=O)CC(C)C3CCNCC3)cc2c1C. The average molecular weight is 327 g/mol. The van der Waals surface area contributed by atoms with Gasteiger partial charge in [-0.1, -0.05) is 13.0 Å². The number of fused-ring (bicyclic) bond motifs is 1. The van der Waals surface area contributed by atoms with Gasteiger partial charge in [-0.05, 0) is 74.9 Å². The van der Waals surface area contributed by atoms with Crippen LogP contribution < -0.4 is 10.6 Å². The molecule has 1 atom stereocenters. The lowest BCUT2D eigenvalue weighted by Crippen LogP contribution is -2.33. The van der Waals surface area contributed by atoms with Crippen LogP contribution in [0.25, 0.3) is 10.9 Å². The normalized spacial score (nSPS) is 17.1. The van der Waals surface area contributed by atoms with Crippen molar-refractivity contribution in [1.29, 1.82) is 0 Å². The number of aromatic amines is 1. The number of rotatable bonds is 5. The summed E-state index contributed by atoms with van der Waals surface area (Å²) in [6.45, 7) is 9.24. The molecule has 1 amide bonds. The van der Waals surface area contributed by atoms with E-state index in [0.717, 1.165) is 18.7 Å². The Bertz CT molecular complexity index is 713. The highest BCUT2D eigenvalue weighted by Gasteiger charge is 2.21. The Labute approximate surface area is 144 Å². The van der Waals surface area contributed by atoms with E-state index in [1.165, 1.54) is 35.0 Å². The van der Waals surface area contributed by atoms with Crippen LogP contribution in [0.15, 0.2) is 18.2 Å². The molecule has 1 aliphatic heterocycles. The summed E-state index contributed by atoms with van der Waals surface area (Å²) in [5, 5.41) is 7.73. The first kappa shape index (κ1) is 17.0. The number of carbonyl (C=O) groups is 1. The van der Waals surface area contributed by atoms with Gasteiger partial charge in [0, 0.05) is 29.6 Å². The van der Waals surface area contributed by atoms with Crippen LogP contribution in [0, 0.1) is 25.7 Å². The third-order valence-electron chi connectivity index (χ3n) is 5.56. The van der Waals surface area contributed by atoms with Crippen molar-refractivity contribution in [2.75, 3.05) is 13.1 Å². The van der Waals surface area contributed by atoms with E-state index in [1.54, 1.807) is 0 Å². The second-order valence-electron chi connectivity index (χ2n) is 7.30. The summed E-state index contributed by atoms with van der Waals surface area (Å²) in [5.74, 6) is 1.31. The van der Waals surface area contributed by atoms with Crippen molar-refractivity contribution in [3.63, 3.8) is 0 Å². The number of benzene rings is 1. The minimum atomic E-state index is 0.170. The van der Waals surface area contributed by atoms with Gasteiger partial charge in [0.05, 0.1) is 0 Å². The number of nitrogens with one attached hydrogen (secondary N) is 3. The average Bonchev–Trinajstić information content (AvgIpc) is 2.88. The summed E-state index contributed by atoms with van der Waals surface area (Å²) in [6, 6.07) is 6.38. The van der Waals surface area contributed by atoms with E-state index < -0.39 is 0 Å². The molecule has 0 saturated carbocycles. The third kappa shape index (κ3) is 3.81. The maximum Gasteiger partial charge on any atom is 0.220 e. The number of hydrogen-bond acceptors (Lipinski definition) is 2. The minimum Gasteiger partial charge on any atom is -0.358 e. The van der Waals surface area contributed by atoms with Gasteiger partial charge in [0.1, 0.15) is 0 Å². The lowest BCUT2D eigenvalue weighted by molar-refractivity contribution is -0.122. The predicted molar refractivity (Wildman–Crippen MR) is 99.0 cm³/mol. The molecule has 130 valence electrons. The second-order valence-corrected chi connectivity index (χ2v) is 7.30. The van der Waals surface area contributed by atoms with Crippen molar-refractivity contribution in [1.82, 2.24) is 15.6 Å². The van der Waals surface area contributed by atoms with Crippen molar-refractivity contribution < 1.29 is 4.79 Å². The molecule has 0 aliphatic carbocycles. The Morgan fingerprint density at radius 2 is 2.04 bits per heavy atom. The zero-order chi connectivity index (χ0) is 17.1. The Kier molecular flexibility index (Phi) is 5.24. The van der Waals surface area contributed by atoms with Gasteiger partial charge in [-0.2, -0.15) is 0 Å². The smallest absolute Gasteiger partial charge is 0.220 e. The Morgan fingerprint density at radius 1 is 1.29 bits per heavy atom. The molecular weight excluding hydrogens is 298 g/mol. The molecule has 0 bridgehead atoms. The fraction of sp³-hybridized carbons (Fsp3) is 0.550. The number of hydrogen-bond donors (Lipinski definition) is 3. The molecule has 1 aromatic carbocycles. The highest BCUT2D eigenvalue weighted by atomic mass is 16.1. The Balaban J connectivity index is 1.55. The molecule has 24 heavy (non-hydrogen) atoms. The molecule has 1 fully saturated rings. The second kappa shape index (κ2) is 7.39. The number of H-pyrrole nitrogens is 1. The molecule has 3 rings (SSSR count). The highest BCUT2D eigenvalue weighted by molar-refractivity contribution is 5.85. The fourth-order valence-corrected chi connectivity index (χ4v) is 3.76. The number of amides is 1. The van der Waals surface area contributed by atoms with Crippen molar-refractivity contribution >= 4 is 16.8 Å². The third-order valence-corrected chi connectivity index (χ3v) is 5.56. The first-order chi connectivity index (χ1) is 11.5. The van der Waals surface area contributed by atoms with Gasteiger partial charge in [0.2, 0.25) is 5.91 Å². The van der Waals surface area contributed by atoms with Gasteiger partial charge >= 0.3 is 0 Å². The topological polar surface area (TPSA) is 56.9 Å². The maximum absolute atomic E-state index is 12.3. The number of aryl methyl sites for hydroxylation is 2. The van der Waals surface area contributed by atoms with Gasteiger partial charge in [0.15, 0.2) is 0 Å². The first-order valence-electron chi connectivity index (χ1n) is 9.10. The van der Waals surface area contributed by atoms with E-state index in [4.69, 9.17) is 0 Å². The van der Waals surface area contributed by atoms with E-state index in [-0.39, 0.29) is 5.91 Å². The zero-order valence-corrected chi connectivity index (χ0v) is 15.0. The van der Waals surface area contributed by atoms with E-state index >= 15 is 0 Å². The lowest BCUT2D eigenvalue weighted by atomic mass is 9.84. The van der Waals surface area contributed by atoms with Crippen LogP contribution >= 0.6 is 0 Å². The van der Waals surface area contributed by atoms with Crippen LogP contribution in [0.1, 0.15) is 43.0 Å². The molecule has 4 heteroatoms. The van der Waals surface area contributed by atoms with Crippen molar-refractivity contribution in [2.24, 2.45) is 11.8 Å². The summed E-state index contributed by atoms with van der Waals surface area (Å²) in [5.41, 5.74) is 4.83. The molecule has 1 saturated heterocycles. The first-order valence-corrected chi connectivity index (χ1v) is 9.10. The Morgan fingerprint density at radius 3 is 2.79 bits per heavy atom. The van der Waals surface area contributed by atoms with E-state index in [0.29, 0.717) is 24.8 Å². The van der Waals surface area contributed by atoms with Gasteiger partial charge in [-0.25, -0.2) is 0 Å². The lowest BCUT2D eigenvalue weighted by Gasteiger charge is -2.27. The fourth-order valence-electron chi connectivity index (χ4n) is 3.76. The van der Waals surface area contributed by atoms with Crippen LogP contribution in [0.4, 0.5) is 0 Å². The number of carbonyl (C=O) groups excluding carboxylic acids is 1. The van der Waals surface area contributed by atoms with Crippen LogP contribution in [-0.4, -0.2) is 24.0 Å². The van der Waals surface area contributed by atoms with Crippen molar-refractivity contribution in [3.8, 4) is 0 Å². The van der Waals surface area contributed by atoms with Crippen molar-refractivity contribution in [3.05, 3.63) is 35.0 Å². The number of piperidine rings is 1. The van der Waals surface area contributed by atoms with Crippen molar-refractivity contribution in [2.45, 2.75) is 46.6 Å². The van der Waals surface area contributed by atoms with Gasteiger partial charge < -0.3 is 15.6 Å². The maximum atomic E-state index is 12.3. The summed E-state index contributed by atoms with van der Waals surface area (Å²) < 4.78 is 0. The number of aromatic nitrogens is 1. The van der Waals surface area contributed by atoms with Crippen LogP contribution in [0.5, 0.6) is 0 Å². The van der Waals surface area contributed by atoms with E-state index in [9.17, 15) is 4.79 Å². The minimum absolute atomic E-state index is 0.170. The summed E-state index contributed by atoms with van der Waals surface area (Å²) in [4.78, 5) is 15.7. The molecule has 1 aromatic heterocycles. The molecule has 1 unspecified atom stereocenters. The van der Waals surface area contributed by atoms with E-state index in [1.807, 2.05) is 0 Å². The largest absolute Gasteiger partial charge is 0.358 e. The van der Waals surface area contributed by atoms with Gasteiger partial charge in [-0.3, -0.25) is 4.79 Å². The molecule has 1 aliphatic rings. The molecular formula is C20H29N3O. The zero-order valence-electron chi connectivity index (χ0n) is 15.0. The quantitative estimate of drug-likeness (QED) is 0.788. The van der Waals surface area contributed by atoms with Crippen LogP contribution in [-0.2, 0) is 11.3 Å². The summed E-state index contributed by atoms with van der Waals surface area (Å²) in [7, 11) is 0. The molecule has 2 aromatic rings. The molecule has 0 spiro atoms. The highest BCUT2D eigenvalue weighted by Crippen LogP contribution is 2.24. The summed E-state index contributed by atoms with van der Waals surface area (Å²) in [6.07, 6.45) is 3.02. The molecule has 3 N–H and O–H groups in total.